The molecule has 0 aliphatic rings. The van der Waals surface area contributed by atoms with Crippen molar-refractivity contribution in [3.63, 3.8) is 0 Å². The van der Waals surface area contributed by atoms with Crippen LogP contribution in [0.2, 0.25) is 0 Å². The number of fused-ring (bicyclic) bond motifs is 1. The molecule has 0 unspecified atom stereocenters. The quantitative estimate of drug-likeness (QED) is 0.701. The van der Waals surface area contributed by atoms with Crippen LogP contribution in [0.4, 0.5) is 0 Å². The maximum atomic E-state index is 5.66. The van der Waals surface area contributed by atoms with Gasteiger partial charge in [-0.3, -0.25) is 0 Å². The lowest BCUT2D eigenvalue weighted by Gasteiger charge is -1.95. The topological polar surface area (TPSA) is 80.5 Å². The molecule has 0 aliphatic heterocycles. The highest BCUT2D eigenvalue weighted by Gasteiger charge is 2.09. The first-order valence-electron chi connectivity index (χ1n) is 4.83. The lowest BCUT2D eigenvalue weighted by Crippen LogP contribution is -1.96. The Labute approximate surface area is 95.5 Å². The number of nitrogens with zero attached hydrogens (tertiary/aromatic N) is 3. The predicted octanol–water partition coefficient (Wildman–Crippen LogP) is 1.54. The van der Waals surface area contributed by atoms with Crippen molar-refractivity contribution in [3.05, 3.63) is 29.1 Å². The predicted molar refractivity (Wildman–Crippen MR) is 62.9 cm³/mol. The summed E-state index contributed by atoms with van der Waals surface area (Å²) < 4.78 is 3.82. The molecular weight excluding hydrogens is 222 g/mol. The zero-order valence-electron chi connectivity index (χ0n) is 8.34. The number of hydrogen-bond acceptors (Lipinski definition) is 5. The first-order valence-corrected chi connectivity index (χ1v) is 5.67. The summed E-state index contributed by atoms with van der Waals surface area (Å²) in [6.45, 7) is 0.483. The van der Waals surface area contributed by atoms with E-state index in [4.69, 9.17) is 5.73 Å². The first-order chi connectivity index (χ1) is 7.88. The van der Waals surface area contributed by atoms with Crippen molar-refractivity contribution in [1.82, 2.24) is 19.6 Å². The number of imidazole rings is 1. The SMILES string of the molecule is NCc1cccc2[nH]c(-c3csnn3)nc12. The van der Waals surface area contributed by atoms with Crippen LogP contribution in [0.5, 0.6) is 0 Å². The first kappa shape index (κ1) is 9.44. The van der Waals surface area contributed by atoms with Crippen LogP contribution in [0.1, 0.15) is 5.56 Å². The van der Waals surface area contributed by atoms with Crippen molar-refractivity contribution in [1.29, 1.82) is 0 Å². The third kappa shape index (κ3) is 1.39. The Kier molecular flexibility index (Phi) is 2.16. The zero-order valence-corrected chi connectivity index (χ0v) is 9.16. The molecule has 0 bridgehead atoms. The van der Waals surface area contributed by atoms with Gasteiger partial charge in [-0.15, -0.1) is 5.10 Å². The van der Waals surface area contributed by atoms with Crippen LogP contribution in [0, 0.1) is 0 Å². The van der Waals surface area contributed by atoms with E-state index in [1.54, 1.807) is 0 Å². The number of aromatic nitrogens is 4. The summed E-state index contributed by atoms with van der Waals surface area (Å²) in [5, 5.41) is 5.84. The van der Waals surface area contributed by atoms with Crippen molar-refractivity contribution < 1.29 is 0 Å². The summed E-state index contributed by atoms with van der Waals surface area (Å²) in [4.78, 5) is 7.70. The summed E-state index contributed by atoms with van der Waals surface area (Å²) in [6.07, 6.45) is 0. The standard InChI is InChI=1S/C10H9N5S/c11-4-6-2-1-3-7-9(6)13-10(12-7)8-5-16-15-14-8/h1-3,5H,4,11H2,(H,12,13). The van der Waals surface area contributed by atoms with E-state index in [-0.39, 0.29) is 0 Å². The molecule has 2 aromatic heterocycles. The Hall–Kier alpha value is -1.79. The van der Waals surface area contributed by atoms with Gasteiger partial charge in [0.05, 0.1) is 11.0 Å². The van der Waals surface area contributed by atoms with Crippen LogP contribution < -0.4 is 5.73 Å². The normalized spacial score (nSPS) is 11.1. The molecule has 0 aliphatic carbocycles. The number of benzene rings is 1. The molecule has 0 amide bonds. The Morgan fingerprint density at radius 3 is 3.06 bits per heavy atom. The fourth-order valence-corrected chi connectivity index (χ4v) is 2.09. The number of rotatable bonds is 2. The maximum absolute atomic E-state index is 5.66. The van der Waals surface area contributed by atoms with Crippen LogP contribution in [0.25, 0.3) is 22.6 Å². The van der Waals surface area contributed by atoms with Crippen molar-refractivity contribution >= 4 is 22.6 Å². The number of nitrogens with one attached hydrogen (secondary N) is 1. The molecule has 0 spiro atoms. The van der Waals surface area contributed by atoms with Gasteiger partial charge in [-0.2, -0.15) is 0 Å². The number of aromatic amines is 1. The van der Waals surface area contributed by atoms with Crippen LogP contribution >= 0.6 is 11.5 Å². The largest absolute Gasteiger partial charge is 0.337 e. The molecule has 6 heteroatoms. The van der Waals surface area contributed by atoms with Crippen molar-refractivity contribution in [2.75, 3.05) is 0 Å². The van der Waals surface area contributed by atoms with Gasteiger partial charge in [0.15, 0.2) is 5.82 Å². The molecule has 0 saturated carbocycles. The van der Waals surface area contributed by atoms with Gasteiger partial charge in [0, 0.05) is 11.9 Å². The van der Waals surface area contributed by atoms with E-state index < -0.39 is 0 Å². The summed E-state index contributed by atoms with van der Waals surface area (Å²) >= 11 is 1.31. The van der Waals surface area contributed by atoms with Crippen LogP contribution in [-0.4, -0.2) is 19.6 Å². The molecule has 16 heavy (non-hydrogen) atoms. The Morgan fingerprint density at radius 2 is 2.31 bits per heavy atom. The molecule has 5 nitrogen and oxygen atoms in total. The van der Waals surface area contributed by atoms with Crippen LogP contribution in [-0.2, 0) is 6.54 Å². The molecule has 3 N–H and O–H groups in total. The van der Waals surface area contributed by atoms with Gasteiger partial charge in [-0.25, -0.2) is 4.98 Å². The summed E-state index contributed by atoms with van der Waals surface area (Å²) in [7, 11) is 0. The van der Waals surface area contributed by atoms with Gasteiger partial charge in [-0.1, -0.05) is 16.6 Å². The fraction of sp³-hybridized carbons (Fsp3) is 0.100. The number of para-hydroxylation sites is 1. The molecule has 0 fully saturated rings. The highest BCUT2D eigenvalue weighted by atomic mass is 32.1. The van der Waals surface area contributed by atoms with Gasteiger partial charge in [-0.05, 0) is 23.2 Å². The van der Waals surface area contributed by atoms with Gasteiger partial charge in [0.25, 0.3) is 0 Å². The van der Waals surface area contributed by atoms with Crippen LogP contribution in [0.3, 0.4) is 0 Å². The smallest absolute Gasteiger partial charge is 0.160 e. The van der Waals surface area contributed by atoms with E-state index in [0.717, 1.165) is 28.1 Å². The maximum Gasteiger partial charge on any atom is 0.160 e. The monoisotopic (exact) mass is 231 g/mol. The molecule has 0 radical (unpaired) electrons. The second kappa shape index (κ2) is 3.66. The highest BCUT2D eigenvalue weighted by molar-refractivity contribution is 7.03. The molecule has 2 heterocycles. The number of hydrogen-bond donors (Lipinski definition) is 2. The minimum atomic E-state index is 0.483. The third-order valence-corrected chi connectivity index (χ3v) is 2.92. The van der Waals surface area contributed by atoms with Crippen molar-refractivity contribution in [3.8, 4) is 11.5 Å². The number of nitrogens with two attached hydrogens (primary N) is 1. The average Bonchev–Trinajstić information content (AvgIpc) is 2.96. The van der Waals surface area contributed by atoms with Gasteiger partial charge in [0.2, 0.25) is 0 Å². The Morgan fingerprint density at radius 1 is 1.38 bits per heavy atom. The van der Waals surface area contributed by atoms with Crippen molar-refractivity contribution in [2.45, 2.75) is 6.54 Å². The van der Waals surface area contributed by atoms with Crippen LogP contribution in [0.15, 0.2) is 23.6 Å². The molecular formula is C10H9N5S. The van der Waals surface area contributed by atoms with E-state index in [9.17, 15) is 0 Å². The molecule has 1 aromatic carbocycles. The Balaban J connectivity index is 2.23. The third-order valence-electron chi connectivity index (χ3n) is 2.42. The average molecular weight is 231 g/mol. The fourth-order valence-electron chi connectivity index (χ4n) is 1.65. The zero-order chi connectivity index (χ0) is 11.0. The van der Waals surface area contributed by atoms with Gasteiger partial charge < -0.3 is 10.7 Å². The second-order valence-electron chi connectivity index (χ2n) is 3.39. The van der Waals surface area contributed by atoms with Gasteiger partial charge >= 0.3 is 0 Å². The van der Waals surface area contributed by atoms with E-state index in [1.165, 1.54) is 11.5 Å². The minimum absolute atomic E-state index is 0.483. The summed E-state index contributed by atoms with van der Waals surface area (Å²) in [5.74, 6) is 0.740. The van der Waals surface area contributed by atoms with E-state index in [0.29, 0.717) is 6.54 Å². The highest BCUT2D eigenvalue weighted by Crippen LogP contribution is 2.21. The van der Waals surface area contributed by atoms with E-state index in [2.05, 4.69) is 19.6 Å². The van der Waals surface area contributed by atoms with Crippen molar-refractivity contribution in [2.24, 2.45) is 5.73 Å². The van der Waals surface area contributed by atoms with E-state index in [1.807, 2.05) is 23.6 Å². The number of H-pyrrole nitrogens is 1. The Bertz CT molecular complexity index is 613. The lowest BCUT2D eigenvalue weighted by molar-refractivity contribution is 1.08. The summed E-state index contributed by atoms with van der Waals surface area (Å²) in [6, 6.07) is 5.92. The molecule has 3 rings (SSSR count). The summed E-state index contributed by atoms with van der Waals surface area (Å²) in [5.41, 5.74) is 9.35. The molecule has 3 aromatic rings. The molecule has 0 atom stereocenters. The van der Waals surface area contributed by atoms with Gasteiger partial charge in [0.1, 0.15) is 5.69 Å². The van der Waals surface area contributed by atoms with E-state index >= 15 is 0 Å². The molecule has 0 saturated heterocycles. The lowest BCUT2D eigenvalue weighted by atomic mass is 10.2. The minimum Gasteiger partial charge on any atom is -0.337 e. The second-order valence-corrected chi connectivity index (χ2v) is 4.00. The molecule has 80 valence electrons.